The molecule has 0 saturated carbocycles. The first-order valence-corrected chi connectivity index (χ1v) is 9.67. The van der Waals surface area contributed by atoms with Gasteiger partial charge >= 0.3 is 0 Å². The molecule has 0 bridgehead atoms. The first-order valence-electron chi connectivity index (χ1n) is 9.29. The Morgan fingerprint density at radius 1 is 1.00 bits per heavy atom. The lowest BCUT2D eigenvalue weighted by Crippen LogP contribution is -2.46. The minimum absolute atomic E-state index is 0. The summed E-state index contributed by atoms with van der Waals surface area (Å²) in [7, 11) is 1.70. The number of fused-ring (bicyclic) bond motifs is 1. The second kappa shape index (κ2) is 8.99. The largest absolute Gasteiger partial charge is 0.497 e. The lowest BCUT2D eigenvalue weighted by Gasteiger charge is -2.35. The van der Waals surface area contributed by atoms with Gasteiger partial charge in [0.2, 0.25) is 0 Å². The van der Waals surface area contributed by atoms with E-state index in [0.29, 0.717) is 0 Å². The molecular weight excluding hydrogens is 393 g/mol. The van der Waals surface area contributed by atoms with Crippen LogP contribution in [0.25, 0.3) is 10.9 Å². The van der Waals surface area contributed by atoms with Gasteiger partial charge in [0.15, 0.2) is 0 Å². The number of aromatic nitrogens is 1. The maximum absolute atomic E-state index is 5.98. The Labute approximate surface area is 177 Å². The zero-order valence-electron chi connectivity index (χ0n) is 16.2. The van der Waals surface area contributed by atoms with Crippen LogP contribution in [0.2, 0.25) is 5.02 Å². The molecule has 4 rings (SSSR count). The zero-order valence-corrected chi connectivity index (χ0v) is 17.8. The molecule has 1 aliphatic rings. The molecule has 1 fully saturated rings. The maximum Gasteiger partial charge on any atom is 0.129 e. The Morgan fingerprint density at radius 3 is 2.39 bits per heavy atom. The average Bonchev–Trinajstić information content (AvgIpc) is 2.70. The van der Waals surface area contributed by atoms with Crippen molar-refractivity contribution >= 4 is 40.7 Å². The number of ether oxygens (including phenoxy) is 1. The Morgan fingerprint density at radius 2 is 1.71 bits per heavy atom. The van der Waals surface area contributed by atoms with E-state index in [9.17, 15) is 0 Å². The van der Waals surface area contributed by atoms with Gasteiger partial charge in [-0.1, -0.05) is 23.7 Å². The number of benzene rings is 2. The molecule has 28 heavy (non-hydrogen) atoms. The predicted molar refractivity (Wildman–Crippen MR) is 119 cm³/mol. The van der Waals surface area contributed by atoms with Crippen LogP contribution in [0.15, 0.2) is 48.5 Å². The summed E-state index contributed by atoms with van der Waals surface area (Å²) in [6.45, 7) is 7.15. The minimum atomic E-state index is 0. The van der Waals surface area contributed by atoms with Crippen LogP contribution < -0.4 is 9.64 Å². The zero-order chi connectivity index (χ0) is 18.8. The second-order valence-electron chi connectivity index (χ2n) is 7.07. The van der Waals surface area contributed by atoms with E-state index in [4.69, 9.17) is 21.3 Å². The van der Waals surface area contributed by atoms with Gasteiger partial charge in [-0.25, -0.2) is 4.98 Å². The minimum Gasteiger partial charge on any atom is -0.497 e. The van der Waals surface area contributed by atoms with Crippen LogP contribution >= 0.6 is 24.0 Å². The fraction of sp³-hybridized carbons (Fsp3) is 0.318. The fourth-order valence-electron chi connectivity index (χ4n) is 3.63. The predicted octanol–water partition coefficient (Wildman–Crippen LogP) is 4.95. The number of rotatable bonds is 4. The van der Waals surface area contributed by atoms with E-state index in [2.05, 4.69) is 41.0 Å². The van der Waals surface area contributed by atoms with E-state index in [1.807, 2.05) is 24.3 Å². The smallest absolute Gasteiger partial charge is 0.129 e. The summed E-state index contributed by atoms with van der Waals surface area (Å²) in [6, 6.07) is 16.4. The normalized spacial score (nSPS) is 14.8. The van der Waals surface area contributed by atoms with Crippen LogP contribution in [-0.4, -0.2) is 43.2 Å². The molecule has 0 N–H and O–H groups in total. The SMILES string of the molecule is COc1ccc2nc(N3CCN(Cc4ccc(Cl)cc4)CC3)cc(C)c2c1.Cl. The van der Waals surface area contributed by atoms with Crippen molar-refractivity contribution in [1.82, 2.24) is 9.88 Å². The Kier molecular flexibility index (Phi) is 6.65. The lowest BCUT2D eigenvalue weighted by atomic mass is 10.1. The van der Waals surface area contributed by atoms with Crippen molar-refractivity contribution in [3.63, 3.8) is 0 Å². The highest BCUT2D eigenvalue weighted by Gasteiger charge is 2.19. The number of nitrogens with zero attached hydrogens (tertiary/aromatic N) is 3. The molecule has 1 aromatic heterocycles. The number of hydrogen-bond acceptors (Lipinski definition) is 4. The quantitative estimate of drug-likeness (QED) is 0.600. The van der Waals surface area contributed by atoms with Crippen LogP contribution in [0.5, 0.6) is 5.75 Å². The standard InChI is InChI=1S/C22H24ClN3O.ClH/c1-16-13-22(24-21-8-7-19(27-2)14-20(16)21)26-11-9-25(10-12-26)15-17-3-5-18(23)6-4-17;/h3-8,13-14H,9-12,15H2,1-2H3;1H. The summed E-state index contributed by atoms with van der Waals surface area (Å²) in [5.41, 5.74) is 3.56. The average molecular weight is 418 g/mol. The number of pyridine rings is 1. The third-order valence-electron chi connectivity index (χ3n) is 5.22. The third kappa shape index (κ3) is 4.52. The summed E-state index contributed by atoms with van der Waals surface area (Å²) in [6.07, 6.45) is 0. The molecule has 3 aromatic rings. The molecule has 2 aromatic carbocycles. The first kappa shape index (κ1) is 20.7. The van der Waals surface area contributed by atoms with E-state index >= 15 is 0 Å². The molecule has 6 heteroatoms. The molecule has 0 amide bonds. The van der Waals surface area contributed by atoms with Gasteiger partial charge in [0.25, 0.3) is 0 Å². The number of hydrogen-bond donors (Lipinski definition) is 0. The highest BCUT2D eigenvalue weighted by molar-refractivity contribution is 6.30. The molecule has 1 saturated heterocycles. The van der Waals surface area contributed by atoms with Gasteiger partial charge in [-0.2, -0.15) is 0 Å². The van der Waals surface area contributed by atoms with Crippen LogP contribution in [0.3, 0.4) is 0 Å². The molecule has 148 valence electrons. The van der Waals surface area contributed by atoms with Crippen LogP contribution in [0, 0.1) is 6.92 Å². The Hall–Kier alpha value is -2.01. The maximum atomic E-state index is 5.98. The van der Waals surface area contributed by atoms with E-state index in [1.54, 1.807) is 7.11 Å². The van der Waals surface area contributed by atoms with E-state index in [0.717, 1.165) is 60.2 Å². The lowest BCUT2D eigenvalue weighted by molar-refractivity contribution is 0.249. The Bertz CT molecular complexity index is 938. The van der Waals surface area contributed by atoms with Crippen LogP contribution in [0.4, 0.5) is 5.82 Å². The van der Waals surface area contributed by atoms with Gasteiger partial charge in [0.05, 0.1) is 12.6 Å². The van der Waals surface area contributed by atoms with Gasteiger partial charge in [-0.15, -0.1) is 12.4 Å². The van der Waals surface area contributed by atoms with Crippen molar-refractivity contribution in [2.75, 3.05) is 38.2 Å². The van der Waals surface area contributed by atoms with Gasteiger partial charge in [-0.05, 0) is 54.4 Å². The van der Waals surface area contributed by atoms with E-state index in [1.165, 1.54) is 11.1 Å². The molecule has 0 aliphatic carbocycles. The highest BCUT2D eigenvalue weighted by Crippen LogP contribution is 2.26. The molecule has 4 nitrogen and oxygen atoms in total. The number of aryl methyl sites for hydroxylation is 1. The van der Waals surface area contributed by atoms with Crippen molar-refractivity contribution in [1.29, 1.82) is 0 Å². The monoisotopic (exact) mass is 417 g/mol. The van der Waals surface area contributed by atoms with Crippen LogP contribution in [0.1, 0.15) is 11.1 Å². The number of halogens is 2. The first-order chi connectivity index (χ1) is 13.1. The number of piperazine rings is 1. The summed E-state index contributed by atoms with van der Waals surface area (Å²) < 4.78 is 5.34. The summed E-state index contributed by atoms with van der Waals surface area (Å²) >= 11 is 5.98. The fourth-order valence-corrected chi connectivity index (χ4v) is 3.75. The van der Waals surface area contributed by atoms with Crippen molar-refractivity contribution < 1.29 is 4.74 Å². The topological polar surface area (TPSA) is 28.6 Å². The van der Waals surface area contributed by atoms with E-state index in [-0.39, 0.29) is 12.4 Å². The molecule has 2 heterocycles. The Balaban J connectivity index is 0.00000225. The van der Waals surface area contributed by atoms with Crippen LogP contribution in [-0.2, 0) is 6.54 Å². The van der Waals surface area contributed by atoms with Gasteiger partial charge < -0.3 is 9.64 Å². The second-order valence-corrected chi connectivity index (χ2v) is 7.51. The third-order valence-corrected chi connectivity index (χ3v) is 5.48. The van der Waals surface area contributed by atoms with Crippen molar-refractivity contribution in [3.05, 3.63) is 64.7 Å². The van der Waals surface area contributed by atoms with Crippen molar-refractivity contribution in [2.24, 2.45) is 0 Å². The molecule has 0 spiro atoms. The summed E-state index contributed by atoms with van der Waals surface area (Å²) in [4.78, 5) is 9.76. The van der Waals surface area contributed by atoms with Crippen molar-refractivity contribution in [2.45, 2.75) is 13.5 Å². The van der Waals surface area contributed by atoms with Gasteiger partial charge in [0.1, 0.15) is 11.6 Å². The highest BCUT2D eigenvalue weighted by atomic mass is 35.5. The molecule has 0 atom stereocenters. The van der Waals surface area contributed by atoms with Gasteiger partial charge in [-0.3, -0.25) is 4.90 Å². The molecule has 1 aliphatic heterocycles. The molecule has 0 unspecified atom stereocenters. The summed E-state index contributed by atoms with van der Waals surface area (Å²) in [5, 5.41) is 1.94. The van der Waals surface area contributed by atoms with Crippen molar-refractivity contribution in [3.8, 4) is 5.75 Å². The molecular formula is C22H25Cl2N3O. The van der Waals surface area contributed by atoms with E-state index < -0.39 is 0 Å². The number of anilines is 1. The number of methoxy groups -OCH3 is 1. The van der Waals surface area contributed by atoms with Gasteiger partial charge in [0, 0.05) is 43.1 Å². The molecule has 0 radical (unpaired) electrons. The summed E-state index contributed by atoms with van der Waals surface area (Å²) in [5.74, 6) is 1.94.